The quantitative estimate of drug-likeness (QED) is 0.156. The van der Waals surface area contributed by atoms with Crippen LogP contribution in [0, 0.1) is 0 Å². The van der Waals surface area contributed by atoms with Gasteiger partial charge in [0.2, 0.25) is 0 Å². The van der Waals surface area contributed by atoms with Gasteiger partial charge in [-0.25, -0.2) is 0 Å². The highest BCUT2D eigenvalue weighted by Gasteiger charge is 2.16. The van der Waals surface area contributed by atoms with E-state index in [-0.39, 0.29) is 13.2 Å². The van der Waals surface area contributed by atoms with E-state index in [1.54, 1.807) is 0 Å². The highest BCUT2D eigenvalue weighted by Crippen LogP contribution is 2.01. The van der Waals surface area contributed by atoms with Crippen LogP contribution in [0.25, 0.3) is 0 Å². The fourth-order valence-corrected chi connectivity index (χ4v) is 3.27. The zero-order valence-corrected chi connectivity index (χ0v) is 23.4. The molecule has 0 aliphatic carbocycles. The molecule has 0 aromatic heterocycles. The second kappa shape index (κ2) is 24.8. The van der Waals surface area contributed by atoms with Gasteiger partial charge >= 0.3 is 0 Å². The molecule has 40 heavy (non-hydrogen) atoms. The van der Waals surface area contributed by atoms with Crippen molar-refractivity contribution < 1.29 is 48.1 Å². The van der Waals surface area contributed by atoms with Crippen molar-refractivity contribution in [3.8, 4) is 0 Å². The van der Waals surface area contributed by atoms with Crippen LogP contribution >= 0.6 is 0 Å². The van der Waals surface area contributed by atoms with E-state index in [1.165, 1.54) is 0 Å². The number of aliphatic hydroxyl groups excluding tert-OH is 2. The predicted octanol–water partition coefficient (Wildman–Crippen LogP) is 2.24. The predicted molar refractivity (Wildman–Crippen MR) is 149 cm³/mol. The number of benzene rings is 2. The summed E-state index contributed by atoms with van der Waals surface area (Å²) in [6.45, 7) is 6.36. The molecule has 2 atom stereocenters. The molecule has 0 spiro atoms. The van der Waals surface area contributed by atoms with Gasteiger partial charge in [-0.3, -0.25) is 0 Å². The molecular formula is C30H46O10. The second-order valence-corrected chi connectivity index (χ2v) is 8.81. The molecular weight excluding hydrogens is 520 g/mol. The summed E-state index contributed by atoms with van der Waals surface area (Å²) in [7, 11) is 0. The van der Waals surface area contributed by atoms with Crippen LogP contribution in [0.15, 0.2) is 60.7 Å². The normalized spacial score (nSPS) is 12.9. The van der Waals surface area contributed by atoms with Crippen molar-refractivity contribution in [2.24, 2.45) is 0 Å². The minimum absolute atomic E-state index is 0.00790. The van der Waals surface area contributed by atoms with E-state index in [4.69, 9.17) is 37.9 Å². The molecule has 10 heteroatoms. The van der Waals surface area contributed by atoms with Crippen molar-refractivity contribution in [2.45, 2.75) is 25.4 Å². The van der Waals surface area contributed by atoms with Gasteiger partial charge in [0.05, 0.1) is 106 Å². The lowest BCUT2D eigenvalue weighted by Gasteiger charge is -2.18. The van der Waals surface area contributed by atoms with Gasteiger partial charge in [0.15, 0.2) is 0 Å². The Balaban J connectivity index is 1.25. The SMILES string of the molecule is OC(COCCOCCOCCOCc1ccccc1)C(O)COCCOCCOCCOCc1ccccc1. The molecule has 2 N–H and O–H groups in total. The molecule has 2 aromatic carbocycles. The monoisotopic (exact) mass is 566 g/mol. The van der Waals surface area contributed by atoms with Crippen LogP contribution in [0.1, 0.15) is 11.1 Å². The molecule has 2 rings (SSSR count). The fourth-order valence-electron chi connectivity index (χ4n) is 3.27. The van der Waals surface area contributed by atoms with E-state index in [2.05, 4.69) is 0 Å². The zero-order chi connectivity index (χ0) is 28.4. The Morgan fingerprint density at radius 3 is 0.975 bits per heavy atom. The first-order valence-corrected chi connectivity index (χ1v) is 13.8. The van der Waals surface area contributed by atoms with Gasteiger partial charge < -0.3 is 48.1 Å². The Morgan fingerprint density at radius 2 is 0.650 bits per heavy atom. The molecule has 0 heterocycles. The first-order valence-electron chi connectivity index (χ1n) is 13.8. The lowest BCUT2D eigenvalue weighted by Crippen LogP contribution is -2.35. The molecule has 0 aliphatic heterocycles. The summed E-state index contributed by atoms with van der Waals surface area (Å²) < 4.78 is 43.5. The van der Waals surface area contributed by atoms with Crippen LogP contribution in [0.5, 0.6) is 0 Å². The zero-order valence-electron chi connectivity index (χ0n) is 23.4. The molecule has 0 saturated heterocycles. The minimum Gasteiger partial charge on any atom is -0.388 e. The number of aliphatic hydroxyl groups is 2. The largest absolute Gasteiger partial charge is 0.388 e. The maximum absolute atomic E-state index is 9.97. The highest BCUT2D eigenvalue weighted by atomic mass is 16.6. The maximum Gasteiger partial charge on any atom is 0.105 e. The van der Waals surface area contributed by atoms with E-state index in [1.807, 2.05) is 60.7 Å². The highest BCUT2D eigenvalue weighted by molar-refractivity contribution is 5.14. The Hall–Kier alpha value is -1.96. The smallest absolute Gasteiger partial charge is 0.105 e. The Labute approximate surface area is 238 Å². The van der Waals surface area contributed by atoms with Gasteiger partial charge in [-0.15, -0.1) is 0 Å². The van der Waals surface area contributed by atoms with Gasteiger partial charge in [0.1, 0.15) is 12.2 Å². The van der Waals surface area contributed by atoms with Crippen molar-refractivity contribution in [2.75, 3.05) is 92.5 Å². The Bertz CT molecular complexity index is 728. The van der Waals surface area contributed by atoms with Crippen LogP contribution in [0.3, 0.4) is 0 Å². The van der Waals surface area contributed by atoms with Crippen molar-refractivity contribution in [1.29, 1.82) is 0 Å². The average molecular weight is 567 g/mol. The van der Waals surface area contributed by atoms with E-state index < -0.39 is 12.2 Å². The van der Waals surface area contributed by atoms with Gasteiger partial charge in [-0.1, -0.05) is 60.7 Å². The summed E-state index contributed by atoms with van der Waals surface area (Å²) in [5.74, 6) is 0. The summed E-state index contributed by atoms with van der Waals surface area (Å²) in [5.41, 5.74) is 2.27. The summed E-state index contributed by atoms with van der Waals surface area (Å²) in [6, 6.07) is 20.0. The minimum atomic E-state index is -1.04. The molecule has 226 valence electrons. The van der Waals surface area contributed by atoms with Gasteiger partial charge in [-0.05, 0) is 11.1 Å². The summed E-state index contributed by atoms with van der Waals surface area (Å²) in [6.07, 6.45) is -2.09. The summed E-state index contributed by atoms with van der Waals surface area (Å²) in [4.78, 5) is 0. The van der Waals surface area contributed by atoms with Crippen molar-refractivity contribution in [3.05, 3.63) is 71.8 Å². The van der Waals surface area contributed by atoms with Crippen LogP contribution in [0.4, 0.5) is 0 Å². The number of rotatable bonds is 27. The lowest BCUT2D eigenvalue weighted by molar-refractivity contribution is -0.0827. The molecule has 0 radical (unpaired) electrons. The molecule has 10 nitrogen and oxygen atoms in total. The third-order valence-electron chi connectivity index (χ3n) is 5.48. The molecule has 0 amide bonds. The van der Waals surface area contributed by atoms with Crippen LogP contribution in [-0.2, 0) is 51.1 Å². The molecule has 0 fully saturated rings. The van der Waals surface area contributed by atoms with E-state index >= 15 is 0 Å². The van der Waals surface area contributed by atoms with E-state index in [9.17, 15) is 10.2 Å². The third kappa shape index (κ3) is 19.2. The van der Waals surface area contributed by atoms with E-state index in [0.29, 0.717) is 92.5 Å². The molecule has 0 bridgehead atoms. The standard InChI is InChI=1S/C30H46O10/c31-29(25-39-21-17-35-13-11-33-15-19-37-23-27-7-3-1-4-8-27)30(32)26-40-22-18-36-14-12-34-16-20-38-24-28-9-5-2-6-10-28/h1-10,29-32H,11-26H2. The Kier molecular flexibility index (Phi) is 21.2. The summed E-state index contributed by atoms with van der Waals surface area (Å²) >= 11 is 0. The van der Waals surface area contributed by atoms with Crippen molar-refractivity contribution in [3.63, 3.8) is 0 Å². The maximum atomic E-state index is 9.97. The molecule has 0 saturated carbocycles. The number of hydrogen-bond donors (Lipinski definition) is 2. The van der Waals surface area contributed by atoms with Crippen LogP contribution in [0.2, 0.25) is 0 Å². The van der Waals surface area contributed by atoms with Gasteiger partial charge in [0.25, 0.3) is 0 Å². The fraction of sp³-hybridized carbons (Fsp3) is 0.600. The first-order chi connectivity index (χ1) is 19.8. The third-order valence-corrected chi connectivity index (χ3v) is 5.48. The lowest BCUT2D eigenvalue weighted by atomic mass is 10.2. The topological polar surface area (TPSA) is 114 Å². The molecule has 2 unspecified atom stereocenters. The Morgan fingerprint density at radius 1 is 0.375 bits per heavy atom. The second-order valence-electron chi connectivity index (χ2n) is 8.81. The van der Waals surface area contributed by atoms with Crippen molar-refractivity contribution >= 4 is 0 Å². The molecule has 2 aromatic rings. The van der Waals surface area contributed by atoms with Gasteiger partial charge in [-0.2, -0.15) is 0 Å². The van der Waals surface area contributed by atoms with Crippen LogP contribution in [-0.4, -0.2) is 115 Å². The van der Waals surface area contributed by atoms with Crippen LogP contribution < -0.4 is 0 Å². The molecule has 0 aliphatic rings. The summed E-state index contributed by atoms with van der Waals surface area (Å²) in [5, 5.41) is 19.9. The number of ether oxygens (including phenoxy) is 8. The van der Waals surface area contributed by atoms with Crippen molar-refractivity contribution in [1.82, 2.24) is 0 Å². The van der Waals surface area contributed by atoms with Gasteiger partial charge in [0, 0.05) is 0 Å². The first kappa shape index (κ1) is 34.2. The van der Waals surface area contributed by atoms with E-state index in [0.717, 1.165) is 11.1 Å². The number of hydrogen-bond acceptors (Lipinski definition) is 10. The average Bonchev–Trinajstić information content (AvgIpc) is 2.99.